The fraction of sp³-hybridized carbons (Fsp3) is 0.250. The van der Waals surface area contributed by atoms with Gasteiger partial charge in [-0.2, -0.15) is 0 Å². The van der Waals surface area contributed by atoms with Crippen molar-refractivity contribution in [1.29, 1.82) is 0 Å². The maximum atomic E-state index is 11.0. The van der Waals surface area contributed by atoms with Crippen LogP contribution in [0.25, 0.3) is 0 Å². The van der Waals surface area contributed by atoms with Crippen LogP contribution in [0, 0.1) is 10.1 Å². The first-order chi connectivity index (χ1) is 10.1. The lowest BCUT2D eigenvalue weighted by Gasteiger charge is -2.22. The lowest BCUT2D eigenvalue weighted by molar-refractivity contribution is -0.384. The first-order valence-electron chi connectivity index (χ1n) is 7.00. The minimum absolute atomic E-state index is 0.0479. The molecule has 2 aromatic rings. The fourth-order valence-electron chi connectivity index (χ4n) is 2.83. The number of benzene rings is 2. The van der Waals surface area contributed by atoms with Gasteiger partial charge in [-0.25, -0.2) is 0 Å². The average molecular weight is 283 g/mol. The Bertz CT molecular complexity index is 658. The fourth-order valence-corrected chi connectivity index (χ4v) is 2.83. The van der Waals surface area contributed by atoms with Crippen molar-refractivity contribution >= 4 is 17.1 Å². The van der Waals surface area contributed by atoms with E-state index in [1.165, 1.54) is 17.2 Å². The number of nitrogen functional groups attached to an aromatic ring is 1. The van der Waals surface area contributed by atoms with Crippen molar-refractivity contribution in [2.75, 3.05) is 23.7 Å². The number of non-ortho nitro benzene ring substituents is 1. The molecule has 5 nitrogen and oxygen atoms in total. The third-order valence-electron chi connectivity index (χ3n) is 3.92. The molecule has 0 atom stereocenters. The Labute approximate surface area is 123 Å². The van der Waals surface area contributed by atoms with Crippen LogP contribution >= 0.6 is 0 Å². The van der Waals surface area contributed by atoms with Gasteiger partial charge in [-0.05, 0) is 30.0 Å². The quantitative estimate of drug-likeness (QED) is 0.522. The standard InChI is InChI=1S/C16H17N3O2/c17-14-9-15(11-16(10-14)19(20)21)18-7-5-12-3-1-2-4-13(12)6-8-18/h1-4,9-11H,5-8,17H2. The van der Waals surface area contributed by atoms with Crippen LogP contribution in [0.5, 0.6) is 0 Å². The predicted octanol–water partition coefficient (Wildman–Crippen LogP) is 2.78. The van der Waals surface area contributed by atoms with Crippen molar-refractivity contribution in [2.45, 2.75) is 12.8 Å². The summed E-state index contributed by atoms with van der Waals surface area (Å²) in [5.41, 5.74) is 9.82. The summed E-state index contributed by atoms with van der Waals surface area (Å²) >= 11 is 0. The Morgan fingerprint density at radius 2 is 1.67 bits per heavy atom. The van der Waals surface area contributed by atoms with Gasteiger partial charge in [-0.3, -0.25) is 10.1 Å². The molecule has 21 heavy (non-hydrogen) atoms. The summed E-state index contributed by atoms with van der Waals surface area (Å²) in [6.07, 6.45) is 1.89. The highest BCUT2D eigenvalue weighted by Crippen LogP contribution is 2.27. The Morgan fingerprint density at radius 1 is 1.05 bits per heavy atom. The largest absolute Gasteiger partial charge is 0.398 e. The Hall–Kier alpha value is -2.56. The Morgan fingerprint density at radius 3 is 2.24 bits per heavy atom. The van der Waals surface area contributed by atoms with Crippen LogP contribution < -0.4 is 10.6 Å². The van der Waals surface area contributed by atoms with E-state index in [0.717, 1.165) is 31.6 Å². The van der Waals surface area contributed by atoms with Gasteiger partial charge in [-0.1, -0.05) is 24.3 Å². The second-order valence-corrected chi connectivity index (χ2v) is 5.30. The van der Waals surface area contributed by atoms with Crippen LogP contribution in [-0.2, 0) is 12.8 Å². The number of rotatable bonds is 2. The number of fused-ring (bicyclic) bond motifs is 1. The lowest BCUT2D eigenvalue weighted by Crippen LogP contribution is -2.26. The van der Waals surface area contributed by atoms with Gasteiger partial charge < -0.3 is 10.6 Å². The van der Waals surface area contributed by atoms with Crippen molar-refractivity contribution in [1.82, 2.24) is 0 Å². The third kappa shape index (κ3) is 2.81. The first kappa shape index (κ1) is 13.4. The van der Waals surface area contributed by atoms with Gasteiger partial charge in [0.25, 0.3) is 5.69 Å². The molecule has 0 radical (unpaired) electrons. The van der Waals surface area contributed by atoms with Crippen molar-refractivity contribution < 1.29 is 4.92 Å². The van der Waals surface area contributed by atoms with Crippen molar-refractivity contribution in [2.24, 2.45) is 0 Å². The van der Waals surface area contributed by atoms with E-state index in [9.17, 15) is 10.1 Å². The van der Waals surface area contributed by atoms with E-state index in [2.05, 4.69) is 29.2 Å². The molecule has 0 bridgehead atoms. The zero-order valence-corrected chi connectivity index (χ0v) is 11.7. The molecule has 5 heteroatoms. The zero-order valence-electron chi connectivity index (χ0n) is 11.7. The summed E-state index contributed by atoms with van der Waals surface area (Å²) in [6, 6.07) is 13.2. The second kappa shape index (κ2) is 5.44. The van der Waals surface area contributed by atoms with Gasteiger partial charge in [0.05, 0.1) is 4.92 Å². The molecular weight excluding hydrogens is 266 g/mol. The van der Waals surface area contributed by atoms with E-state index in [1.54, 1.807) is 6.07 Å². The zero-order chi connectivity index (χ0) is 14.8. The van der Waals surface area contributed by atoms with E-state index in [1.807, 2.05) is 6.07 Å². The maximum absolute atomic E-state index is 11.0. The summed E-state index contributed by atoms with van der Waals surface area (Å²) < 4.78 is 0. The summed E-state index contributed by atoms with van der Waals surface area (Å²) in [6.45, 7) is 1.69. The van der Waals surface area contributed by atoms with E-state index in [0.29, 0.717) is 5.69 Å². The van der Waals surface area contributed by atoms with Crippen molar-refractivity contribution in [3.8, 4) is 0 Å². The highest BCUT2D eigenvalue weighted by Gasteiger charge is 2.17. The highest BCUT2D eigenvalue weighted by molar-refractivity contribution is 5.63. The minimum Gasteiger partial charge on any atom is -0.398 e. The van der Waals surface area contributed by atoms with Crippen LogP contribution in [-0.4, -0.2) is 18.0 Å². The molecule has 1 heterocycles. The van der Waals surface area contributed by atoms with Crippen LogP contribution in [0.1, 0.15) is 11.1 Å². The van der Waals surface area contributed by atoms with Gasteiger partial charge in [0.2, 0.25) is 0 Å². The molecule has 2 N–H and O–H groups in total. The Kier molecular flexibility index (Phi) is 3.48. The van der Waals surface area contributed by atoms with E-state index < -0.39 is 4.92 Å². The summed E-state index contributed by atoms with van der Waals surface area (Å²) in [7, 11) is 0. The van der Waals surface area contributed by atoms with Gasteiger partial charge in [0.1, 0.15) is 0 Å². The number of nitro benzene ring substituents is 1. The van der Waals surface area contributed by atoms with Gasteiger partial charge in [0, 0.05) is 36.6 Å². The van der Waals surface area contributed by atoms with Gasteiger partial charge in [0.15, 0.2) is 0 Å². The summed E-state index contributed by atoms with van der Waals surface area (Å²) in [4.78, 5) is 12.7. The summed E-state index contributed by atoms with van der Waals surface area (Å²) in [5, 5.41) is 11.0. The summed E-state index contributed by atoms with van der Waals surface area (Å²) in [5.74, 6) is 0. The minimum atomic E-state index is -0.396. The number of hydrogen-bond donors (Lipinski definition) is 1. The van der Waals surface area contributed by atoms with Crippen LogP contribution in [0.15, 0.2) is 42.5 Å². The molecule has 1 aliphatic heterocycles. The van der Waals surface area contributed by atoms with Gasteiger partial charge >= 0.3 is 0 Å². The molecule has 108 valence electrons. The normalized spacial score (nSPS) is 14.4. The van der Waals surface area contributed by atoms with E-state index >= 15 is 0 Å². The third-order valence-corrected chi connectivity index (χ3v) is 3.92. The lowest BCUT2D eigenvalue weighted by atomic mass is 10.0. The number of nitrogens with two attached hydrogens (primary N) is 1. The SMILES string of the molecule is Nc1cc(N2CCc3ccccc3CC2)cc([N+](=O)[O-])c1. The molecule has 0 aliphatic carbocycles. The number of hydrogen-bond acceptors (Lipinski definition) is 4. The molecular formula is C16H17N3O2. The van der Waals surface area contributed by atoms with E-state index in [-0.39, 0.29) is 5.69 Å². The molecule has 0 aromatic heterocycles. The van der Waals surface area contributed by atoms with E-state index in [4.69, 9.17) is 5.73 Å². The average Bonchev–Trinajstić information content (AvgIpc) is 2.69. The smallest absolute Gasteiger partial charge is 0.273 e. The molecule has 3 rings (SSSR count). The molecule has 0 saturated heterocycles. The van der Waals surface area contributed by atoms with Crippen LogP contribution in [0.4, 0.5) is 17.1 Å². The van der Waals surface area contributed by atoms with Crippen molar-refractivity contribution in [3.63, 3.8) is 0 Å². The molecule has 0 spiro atoms. The Balaban J connectivity index is 1.87. The topological polar surface area (TPSA) is 72.4 Å². The molecule has 0 fully saturated rings. The molecule has 0 amide bonds. The number of anilines is 2. The highest BCUT2D eigenvalue weighted by atomic mass is 16.6. The van der Waals surface area contributed by atoms with Gasteiger partial charge in [-0.15, -0.1) is 0 Å². The number of nitro groups is 1. The van der Waals surface area contributed by atoms with Crippen LogP contribution in [0.2, 0.25) is 0 Å². The first-order valence-corrected chi connectivity index (χ1v) is 7.00. The monoisotopic (exact) mass is 283 g/mol. The maximum Gasteiger partial charge on any atom is 0.273 e. The molecule has 0 saturated carbocycles. The number of nitrogens with zero attached hydrogens (tertiary/aromatic N) is 2. The predicted molar refractivity (Wildman–Crippen MR) is 83.6 cm³/mol. The molecule has 2 aromatic carbocycles. The van der Waals surface area contributed by atoms with Crippen LogP contribution in [0.3, 0.4) is 0 Å². The molecule has 0 unspecified atom stereocenters. The second-order valence-electron chi connectivity index (χ2n) is 5.30. The molecule has 1 aliphatic rings. The van der Waals surface area contributed by atoms with Crippen molar-refractivity contribution in [3.05, 3.63) is 63.7 Å².